The molecule has 0 aliphatic carbocycles. The smallest absolute Gasteiger partial charge is 0.148 e. The van der Waals surface area contributed by atoms with E-state index in [-0.39, 0.29) is 11.9 Å². The van der Waals surface area contributed by atoms with E-state index in [9.17, 15) is 4.39 Å². The standard InChI is InChI=1S/C16H12Br2FNO/c17-11-3-1-2-10-8-15(21-16(10)11)14(20)7-9-4-5-13(19)12(18)6-9/h1-6,8,14H,7,20H2. The number of fused-ring (bicyclic) bond motifs is 1. The molecule has 0 radical (unpaired) electrons. The number of halogens is 3. The number of hydrogen-bond donors (Lipinski definition) is 1. The summed E-state index contributed by atoms with van der Waals surface area (Å²) in [5.41, 5.74) is 7.96. The average Bonchev–Trinajstić information content (AvgIpc) is 2.89. The van der Waals surface area contributed by atoms with Crippen molar-refractivity contribution in [3.05, 3.63) is 68.6 Å². The van der Waals surface area contributed by atoms with Crippen LogP contribution in [0.3, 0.4) is 0 Å². The van der Waals surface area contributed by atoms with Crippen molar-refractivity contribution < 1.29 is 8.81 Å². The maximum Gasteiger partial charge on any atom is 0.148 e. The molecule has 21 heavy (non-hydrogen) atoms. The van der Waals surface area contributed by atoms with E-state index in [1.807, 2.05) is 24.3 Å². The summed E-state index contributed by atoms with van der Waals surface area (Å²) in [6, 6.07) is 12.4. The SMILES string of the molecule is NC(Cc1ccc(F)c(Br)c1)c1cc2cccc(Br)c2o1. The highest BCUT2D eigenvalue weighted by Crippen LogP contribution is 2.30. The van der Waals surface area contributed by atoms with E-state index >= 15 is 0 Å². The zero-order chi connectivity index (χ0) is 15.0. The molecule has 3 rings (SSSR count). The van der Waals surface area contributed by atoms with Gasteiger partial charge in [-0.1, -0.05) is 18.2 Å². The normalized spacial score (nSPS) is 12.8. The molecule has 0 amide bonds. The second-order valence-electron chi connectivity index (χ2n) is 4.87. The van der Waals surface area contributed by atoms with Crippen LogP contribution in [0.2, 0.25) is 0 Å². The molecule has 0 aliphatic heterocycles. The van der Waals surface area contributed by atoms with Gasteiger partial charge in [0.05, 0.1) is 15.0 Å². The van der Waals surface area contributed by atoms with Crippen LogP contribution in [0.4, 0.5) is 4.39 Å². The minimum atomic E-state index is -0.278. The van der Waals surface area contributed by atoms with E-state index in [0.717, 1.165) is 26.8 Å². The summed E-state index contributed by atoms with van der Waals surface area (Å²) < 4.78 is 20.4. The highest BCUT2D eigenvalue weighted by molar-refractivity contribution is 9.11. The second-order valence-corrected chi connectivity index (χ2v) is 6.57. The Morgan fingerprint density at radius 2 is 1.90 bits per heavy atom. The Morgan fingerprint density at radius 3 is 2.62 bits per heavy atom. The lowest BCUT2D eigenvalue weighted by Gasteiger charge is -2.09. The zero-order valence-electron chi connectivity index (χ0n) is 10.9. The molecule has 0 aliphatic rings. The molecule has 1 atom stereocenters. The minimum Gasteiger partial charge on any atom is -0.458 e. The van der Waals surface area contributed by atoms with E-state index in [2.05, 4.69) is 31.9 Å². The summed E-state index contributed by atoms with van der Waals surface area (Å²) in [5.74, 6) is 0.442. The van der Waals surface area contributed by atoms with Crippen molar-refractivity contribution in [3.63, 3.8) is 0 Å². The highest BCUT2D eigenvalue weighted by Gasteiger charge is 2.14. The van der Waals surface area contributed by atoms with E-state index in [1.54, 1.807) is 12.1 Å². The van der Waals surface area contributed by atoms with Crippen molar-refractivity contribution in [2.75, 3.05) is 0 Å². The molecular weight excluding hydrogens is 401 g/mol. The number of para-hydroxylation sites is 1. The summed E-state index contributed by atoms with van der Waals surface area (Å²) >= 11 is 6.65. The number of furan rings is 1. The molecule has 2 nitrogen and oxygen atoms in total. The fourth-order valence-electron chi connectivity index (χ4n) is 2.25. The van der Waals surface area contributed by atoms with Crippen molar-refractivity contribution in [2.45, 2.75) is 12.5 Å². The van der Waals surface area contributed by atoms with Gasteiger partial charge in [-0.15, -0.1) is 0 Å². The highest BCUT2D eigenvalue weighted by atomic mass is 79.9. The molecule has 2 aromatic carbocycles. The van der Waals surface area contributed by atoms with Gasteiger partial charge >= 0.3 is 0 Å². The number of rotatable bonds is 3. The van der Waals surface area contributed by atoms with E-state index in [1.165, 1.54) is 6.07 Å². The van der Waals surface area contributed by atoms with Gasteiger partial charge in [-0.3, -0.25) is 0 Å². The maximum atomic E-state index is 13.2. The first-order valence-corrected chi connectivity index (χ1v) is 8.00. The Balaban J connectivity index is 1.87. The molecule has 1 unspecified atom stereocenters. The number of benzene rings is 2. The van der Waals surface area contributed by atoms with Crippen molar-refractivity contribution in [3.8, 4) is 0 Å². The van der Waals surface area contributed by atoms with Gasteiger partial charge in [-0.2, -0.15) is 0 Å². The van der Waals surface area contributed by atoms with Crippen molar-refractivity contribution in [1.82, 2.24) is 0 Å². The Kier molecular flexibility index (Phi) is 4.15. The molecule has 1 heterocycles. The first-order chi connectivity index (χ1) is 10.0. The quantitative estimate of drug-likeness (QED) is 0.630. The van der Waals surface area contributed by atoms with Gasteiger partial charge in [-0.25, -0.2) is 4.39 Å². The maximum absolute atomic E-state index is 13.2. The van der Waals surface area contributed by atoms with Crippen LogP contribution < -0.4 is 5.73 Å². The molecule has 5 heteroatoms. The van der Waals surface area contributed by atoms with E-state index in [0.29, 0.717) is 10.9 Å². The van der Waals surface area contributed by atoms with Crippen LogP contribution in [-0.2, 0) is 6.42 Å². The zero-order valence-corrected chi connectivity index (χ0v) is 14.1. The molecule has 1 aromatic heterocycles. The first-order valence-electron chi connectivity index (χ1n) is 6.42. The van der Waals surface area contributed by atoms with Gasteiger partial charge in [0.2, 0.25) is 0 Å². The van der Waals surface area contributed by atoms with Gasteiger partial charge in [0.25, 0.3) is 0 Å². The third kappa shape index (κ3) is 3.05. The van der Waals surface area contributed by atoms with Crippen molar-refractivity contribution in [1.29, 1.82) is 0 Å². The lowest BCUT2D eigenvalue weighted by atomic mass is 10.0. The van der Waals surface area contributed by atoms with Gasteiger partial charge in [0.15, 0.2) is 0 Å². The molecule has 108 valence electrons. The average molecular weight is 413 g/mol. The summed E-state index contributed by atoms with van der Waals surface area (Å²) in [5, 5.41) is 1.01. The predicted octanol–water partition coefficient (Wildman–Crippen LogP) is 5.34. The summed E-state index contributed by atoms with van der Waals surface area (Å²) in [6.45, 7) is 0. The molecule has 2 N–H and O–H groups in total. The summed E-state index contributed by atoms with van der Waals surface area (Å²) in [7, 11) is 0. The molecule has 0 saturated carbocycles. The fraction of sp³-hybridized carbons (Fsp3) is 0.125. The lowest BCUT2D eigenvalue weighted by Crippen LogP contribution is -2.12. The number of nitrogens with two attached hydrogens (primary N) is 1. The third-order valence-electron chi connectivity index (χ3n) is 3.32. The molecular formula is C16H12Br2FNO. The van der Waals surface area contributed by atoms with Crippen LogP contribution in [0, 0.1) is 5.82 Å². The first kappa shape index (κ1) is 14.8. The predicted molar refractivity (Wildman–Crippen MR) is 88.6 cm³/mol. The Labute approximate surface area is 138 Å². The van der Waals surface area contributed by atoms with E-state index < -0.39 is 0 Å². The third-order valence-corrected chi connectivity index (χ3v) is 4.55. The van der Waals surface area contributed by atoms with Gasteiger partial charge in [-0.05, 0) is 68.1 Å². The van der Waals surface area contributed by atoms with E-state index in [4.69, 9.17) is 10.2 Å². The second kappa shape index (κ2) is 5.91. The Morgan fingerprint density at radius 1 is 1.10 bits per heavy atom. The van der Waals surface area contributed by atoms with Gasteiger partial charge in [0.1, 0.15) is 17.2 Å². The fourth-order valence-corrected chi connectivity index (χ4v) is 3.14. The van der Waals surface area contributed by atoms with Crippen LogP contribution >= 0.6 is 31.9 Å². The Bertz CT molecular complexity index is 800. The summed E-state index contributed by atoms with van der Waals surface area (Å²) in [6.07, 6.45) is 0.580. The molecule has 0 fully saturated rings. The molecule has 3 aromatic rings. The van der Waals surface area contributed by atoms with Gasteiger partial charge < -0.3 is 10.2 Å². The summed E-state index contributed by atoms with van der Waals surface area (Å²) in [4.78, 5) is 0. The van der Waals surface area contributed by atoms with Crippen LogP contribution in [0.15, 0.2) is 55.8 Å². The largest absolute Gasteiger partial charge is 0.458 e. The molecule has 0 spiro atoms. The van der Waals surface area contributed by atoms with Crippen LogP contribution in [0.1, 0.15) is 17.4 Å². The molecule has 0 bridgehead atoms. The lowest BCUT2D eigenvalue weighted by molar-refractivity contribution is 0.493. The van der Waals surface area contributed by atoms with Crippen molar-refractivity contribution in [2.24, 2.45) is 5.73 Å². The van der Waals surface area contributed by atoms with Crippen molar-refractivity contribution >= 4 is 42.8 Å². The van der Waals surface area contributed by atoms with Crippen LogP contribution in [0.25, 0.3) is 11.0 Å². The topological polar surface area (TPSA) is 39.2 Å². The monoisotopic (exact) mass is 411 g/mol. The minimum absolute atomic E-state index is 0.276. The van der Waals surface area contributed by atoms with Crippen LogP contribution in [0.5, 0.6) is 0 Å². The number of hydrogen-bond acceptors (Lipinski definition) is 2. The van der Waals surface area contributed by atoms with Crippen LogP contribution in [-0.4, -0.2) is 0 Å². The van der Waals surface area contributed by atoms with Gasteiger partial charge in [0, 0.05) is 5.39 Å². The Hall–Kier alpha value is -1.17. The molecule has 0 saturated heterocycles.